The van der Waals surface area contributed by atoms with Crippen molar-refractivity contribution in [3.8, 4) is 16.8 Å². The molecule has 0 bridgehead atoms. The molecule has 0 aliphatic rings. The number of rotatable bonds is 5. The monoisotopic (exact) mass is 632 g/mol. The fourth-order valence-electron chi connectivity index (χ4n) is 7.19. The van der Waals surface area contributed by atoms with Crippen molar-refractivity contribution in [3.05, 3.63) is 170 Å². The Hall–Kier alpha value is -6.10. The zero-order valence-electron chi connectivity index (χ0n) is 25.9. The number of furan rings is 1. The summed E-state index contributed by atoms with van der Waals surface area (Å²) in [6.07, 6.45) is 0. The largest absolute Gasteiger partial charge is 0.454 e. The van der Waals surface area contributed by atoms with Crippen molar-refractivity contribution >= 4 is 81.5 Å². The summed E-state index contributed by atoms with van der Waals surface area (Å²) in [7, 11) is 0. The molecule has 0 radical (unpaired) electrons. The normalized spacial score (nSPS) is 11.8. The van der Waals surface area contributed by atoms with Gasteiger partial charge in [0.05, 0.1) is 15.7 Å². The van der Waals surface area contributed by atoms with Gasteiger partial charge < -0.3 is 13.9 Å². The third-order valence-electron chi connectivity index (χ3n) is 9.37. The quantitative estimate of drug-likeness (QED) is 0.188. The number of para-hydroxylation sites is 4. The molecule has 0 aliphatic heterocycles. The molecule has 48 heavy (non-hydrogen) atoms. The number of nitrogens with zero attached hydrogens (tertiary/aromatic N) is 2. The van der Waals surface area contributed by atoms with Crippen LogP contribution in [0.1, 0.15) is 0 Å². The molecule has 0 fully saturated rings. The van der Waals surface area contributed by atoms with E-state index in [1.165, 1.54) is 53.1 Å². The zero-order valence-corrected chi connectivity index (χ0v) is 26.7. The smallest absolute Gasteiger partial charge is 0.154 e. The van der Waals surface area contributed by atoms with Crippen LogP contribution in [0.2, 0.25) is 0 Å². The van der Waals surface area contributed by atoms with Crippen molar-refractivity contribution in [1.29, 1.82) is 0 Å². The first kappa shape index (κ1) is 27.1. The van der Waals surface area contributed by atoms with Crippen molar-refractivity contribution in [2.45, 2.75) is 0 Å². The Labute approximate surface area is 281 Å². The van der Waals surface area contributed by atoms with Crippen LogP contribution in [0.5, 0.6) is 0 Å². The van der Waals surface area contributed by atoms with Gasteiger partial charge in [-0.25, -0.2) is 0 Å². The van der Waals surface area contributed by atoms with E-state index in [1.54, 1.807) is 0 Å². The van der Waals surface area contributed by atoms with E-state index in [4.69, 9.17) is 4.42 Å². The molecule has 0 saturated heterocycles. The van der Waals surface area contributed by atoms with Gasteiger partial charge in [-0.3, -0.25) is 0 Å². The van der Waals surface area contributed by atoms with Crippen LogP contribution in [0.25, 0.3) is 70.0 Å². The second-order valence-electron chi connectivity index (χ2n) is 12.2. The molecule has 0 N–H and O–H groups in total. The molecule has 226 valence electrons. The highest BCUT2D eigenvalue weighted by Crippen LogP contribution is 2.43. The van der Waals surface area contributed by atoms with Gasteiger partial charge in [-0.05, 0) is 96.1 Å². The fraction of sp³-hybridized carbons (Fsp3) is 0. The van der Waals surface area contributed by atoms with Gasteiger partial charge in [0.15, 0.2) is 5.58 Å². The van der Waals surface area contributed by atoms with E-state index in [2.05, 4.69) is 167 Å². The molecule has 10 aromatic rings. The summed E-state index contributed by atoms with van der Waals surface area (Å²) in [6, 6.07) is 60.7. The molecule has 3 heterocycles. The minimum Gasteiger partial charge on any atom is -0.454 e. The van der Waals surface area contributed by atoms with Crippen LogP contribution in [0.4, 0.5) is 17.1 Å². The van der Waals surface area contributed by atoms with E-state index in [1.807, 2.05) is 23.5 Å². The number of fused-ring (bicyclic) bond motifs is 8. The molecule has 0 amide bonds. The van der Waals surface area contributed by atoms with E-state index in [-0.39, 0.29) is 0 Å². The van der Waals surface area contributed by atoms with Crippen LogP contribution in [0.3, 0.4) is 0 Å². The summed E-state index contributed by atoms with van der Waals surface area (Å²) in [5.74, 6) is 0. The average Bonchev–Trinajstić information content (AvgIpc) is 3.80. The van der Waals surface area contributed by atoms with Crippen LogP contribution in [-0.2, 0) is 0 Å². The highest BCUT2D eigenvalue weighted by atomic mass is 32.1. The third-order valence-corrected chi connectivity index (χ3v) is 10.5. The van der Waals surface area contributed by atoms with Crippen LogP contribution < -0.4 is 4.90 Å². The van der Waals surface area contributed by atoms with Gasteiger partial charge in [0.2, 0.25) is 0 Å². The summed E-state index contributed by atoms with van der Waals surface area (Å²) in [5, 5.41) is 4.81. The number of benzene rings is 7. The predicted octanol–water partition coefficient (Wildman–Crippen LogP) is 13.0. The van der Waals surface area contributed by atoms with Crippen molar-refractivity contribution in [1.82, 2.24) is 4.57 Å². The summed E-state index contributed by atoms with van der Waals surface area (Å²) in [5.41, 5.74) is 11.2. The number of hydrogen-bond acceptors (Lipinski definition) is 3. The zero-order chi connectivity index (χ0) is 31.6. The molecule has 0 aliphatic carbocycles. The number of aromatic nitrogens is 1. The van der Waals surface area contributed by atoms with Gasteiger partial charge in [0, 0.05) is 49.0 Å². The van der Waals surface area contributed by atoms with Crippen LogP contribution >= 0.6 is 11.3 Å². The van der Waals surface area contributed by atoms with Crippen LogP contribution in [0.15, 0.2) is 174 Å². The Morgan fingerprint density at radius 1 is 0.458 bits per heavy atom. The molecular formula is C44H28N2OS. The molecule has 3 nitrogen and oxygen atoms in total. The maximum atomic E-state index is 6.29. The molecule has 7 aromatic carbocycles. The van der Waals surface area contributed by atoms with Gasteiger partial charge >= 0.3 is 0 Å². The van der Waals surface area contributed by atoms with E-state index in [0.29, 0.717) is 0 Å². The minimum absolute atomic E-state index is 0.946. The Morgan fingerprint density at radius 2 is 1.15 bits per heavy atom. The molecular weight excluding hydrogens is 605 g/mol. The van der Waals surface area contributed by atoms with E-state index in [9.17, 15) is 0 Å². The lowest BCUT2D eigenvalue weighted by molar-refractivity contribution is 0.673. The van der Waals surface area contributed by atoms with Gasteiger partial charge in [-0.15, -0.1) is 11.3 Å². The summed E-state index contributed by atoms with van der Waals surface area (Å²) in [6.45, 7) is 0. The molecule has 4 heteroatoms. The first-order valence-electron chi connectivity index (χ1n) is 16.2. The van der Waals surface area contributed by atoms with Crippen molar-refractivity contribution in [3.63, 3.8) is 0 Å². The second-order valence-corrected chi connectivity index (χ2v) is 13.2. The van der Waals surface area contributed by atoms with Crippen molar-refractivity contribution in [2.75, 3.05) is 4.90 Å². The highest BCUT2D eigenvalue weighted by molar-refractivity contribution is 7.26. The summed E-state index contributed by atoms with van der Waals surface area (Å²) >= 11 is 1.81. The van der Waals surface area contributed by atoms with E-state index >= 15 is 0 Å². The second kappa shape index (κ2) is 10.7. The Balaban J connectivity index is 1.12. The lowest BCUT2D eigenvalue weighted by Crippen LogP contribution is -2.09. The number of hydrogen-bond donors (Lipinski definition) is 0. The Morgan fingerprint density at radius 3 is 2.02 bits per heavy atom. The first-order valence-corrected chi connectivity index (χ1v) is 17.0. The van der Waals surface area contributed by atoms with Gasteiger partial charge in [-0.1, -0.05) is 84.9 Å². The fourth-order valence-corrected chi connectivity index (χ4v) is 8.39. The van der Waals surface area contributed by atoms with Gasteiger partial charge in [0.1, 0.15) is 5.58 Å². The van der Waals surface area contributed by atoms with Crippen LogP contribution in [-0.4, -0.2) is 4.57 Å². The lowest BCUT2D eigenvalue weighted by Gasteiger charge is -2.26. The predicted molar refractivity (Wildman–Crippen MR) is 204 cm³/mol. The van der Waals surface area contributed by atoms with Crippen molar-refractivity contribution in [2.24, 2.45) is 0 Å². The molecule has 0 unspecified atom stereocenters. The number of thiophene rings is 1. The topological polar surface area (TPSA) is 21.3 Å². The van der Waals surface area contributed by atoms with Gasteiger partial charge in [0.25, 0.3) is 0 Å². The molecule has 0 spiro atoms. The number of anilines is 3. The molecule has 0 atom stereocenters. The third kappa shape index (κ3) is 4.20. The molecule has 0 saturated carbocycles. The summed E-state index contributed by atoms with van der Waals surface area (Å²) in [4.78, 5) is 2.36. The Kier molecular flexibility index (Phi) is 6.05. The SMILES string of the molecule is c1ccc(N(c2cccc(-c3ccc4c(c3)sc3c5ccccc5oc43)c2)c2ccc3c(c2)c2ccccc2n3-c2ccccc2)cc1. The Bertz CT molecular complexity index is 2790. The summed E-state index contributed by atoms with van der Waals surface area (Å²) < 4.78 is 11.1. The molecule has 10 rings (SSSR count). The lowest BCUT2D eigenvalue weighted by atomic mass is 10.0. The molecule has 3 aromatic heterocycles. The maximum Gasteiger partial charge on any atom is 0.154 e. The van der Waals surface area contributed by atoms with Gasteiger partial charge in [-0.2, -0.15) is 0 Å². The standard InChI is InChI=1S/C44H28N2OS/c1-3-13-31(14-4-1)45(34-23-25-40-38(28-34)35-18-7-9-20-39(35)46(40)32-15-5-2-6-16-32)33-17-11-12-29(26-33)30-22-24-37-42(27-30)48-44-36-19-8-10-21-41(36)47-43(37)44/h1-28H. The highest BCUT2D eigenvalue weighted by Gasteiger charge is 2.18. The minimum atomic E-state index is 0.946. The maximum absolute atomic E-state index is 6.29. The van der Waals surface area contributed by atoms with E-state index in [0.717, 1.165) is 33.9 Å². The van der Waals surface area contributed by atoms with E-state index < -0.39 is 0 Å². The van der Waals surface area contributed by atoms with Crippen molar-refractivity contribution < 1.29 is 4.42 Å². The van der Waals surface area contributed by atoms with Crippen LogP contribution in [0, 0.1) is 0 Å². The average molecular weight is 633 g/mol. The first-order chi connectivity index (χ1) is 23.8.